The number of rotatable bonds is 0. The van der Waals surface area contributed by atoms with Gasteiger partial charge in [-0.1, -0.05) is 454 Å². The Morgan fingerprint density at radius 3 is 0.879 bits per heavy atom. The van der Waals surface area contributed by atoms with Crippen molar-refractivity contribution >= 4 is 86.8 Å². The summed E-state index contributed by atoms with van der Waals surface area (Å²) in [6.07, 6.45) is 27.3. The summed E-state index contributed by atoms with van der Waals surface area (Å²) in [4.78, 5) is 21.6. The van der Waals surface area contributed by atoms with E-state index in [4.69, 9.17) is 17.7 Å². The van der Waals surface area contributed by atoms with Gasteiger partial charge in [-0.3, -0.25) is 9.97 Å². The summed E-state index contributed by atoms with van der Waals surface area (Å²) in [5, 5.41) is 15.5. The molecule has 0 N–H and O–H groups in total. The van der Waals surface area contributed by atoms with Gasteiger partial charge in [0, 0.05) is 67.8 Å². The standard InChI is InChI=1S/2C5H6O.C5H6S.C5H10S.C5H6S.4C4H5NO.3C4H5NS.C4H7NS.31C2H6/c1-5-2-3-6-4-5;1-5-3-2-4-6-5;1-5-2-3-6-4-5;2*1-5-3-2-4-6-5;1-4-2-6-3-5-4;1-4-2-5-3-6-4;1-4-2-5-6-3-4;1-4-5-2-3-6-4;1-4-2-6-3-5-4;1-4-2-5-3-6-4;1-4-2-5-6-3-4;1-4-2-3-5-6-4;31*1-2/h3*2-4H,1H3;5H,2-4H2,1H3;2-4H,1H3;7*2-3H,1H3;3-4H,2H2,1H3;31*1-2H3. The summed E-state index contributed by atoms with van der Waals surface area (Å²) in [7, 11) is 0. The second-order valence-electron chi connectivity index (χ2n) is 16.3. The highest BCUT2D eigenvalue weighted by Gasteiger charge is 2.07. The van der Waals surface area contributed by atoms with Crippen LogP contribution in [0.1, 0.15) is 523 Å². The van der Waals surface area contributed by atoms with Crippen LogP contribution >= 0.6 is 80.6 Å². The third-order valence-electron chi connectivity index (χ3n) is 8.45. The number of hydrogen-bond donors (Lipinski definition) is 0. The largest absolute Gasteiger partial charge is 0.472 e. The molecular formula is C119H262N8O6S7. The number of aromatic nitrogens is 7. The van der Waals surface area contributed by atoms with Gasteiger partial charge in [0.15, 0.2) is 18.7 Å². The zero-order chi connectivity index (χ0) is 119. The minimum absolute atomic E-state index is 0.718. The van der Waals surface area contributed by atoms with Crippen LogP contribution in [0, 0.1) is 76.2 Å². The number of furan rings is 2. The zero-order valence-electron chi connectivity index (χ0n) is 109. The highest BCUT2D eigenvalue weighted by atomic mass is 32.2. The molecule has 1 saturated heterocycles. The third-order valence-corrected chi connectivity index (χ3v) is 14.3. The number of thiophene rings is 2. The van der Waals surface area contributed by atoms with Gasteiger partial charge in [0.2, 0.25) is 0 Å². The van der Waals surface area contributed by atoms with Crippen molar-refractivity contribution in [2.45, 2.75) is 549 Å². The molecule has 13 rings (SSSR count). The Kier molecular flexibility index (Phi) is 512. The molecule has 0 saturated carbocycles. The fraction of sp³-hybridized carbons (Fsp3) is 0.681. The maximum atomic E-state index is 4.83. The quantitative estimate of drug-likeness (QED) is 0.131. The van der Waals surface area contributed by atoms with E-state index in [0.29, 0.717) is 0 Å². The van der Waals surface area contributed by atoms with Crippen LogP contribution in [-0.2, 0) is 0 Å². The fourth-order valence-corrected chi connectivity index (χ4v) is 8.71. The van der Waals surface area contributed by atoms with E-state index in [1.54, 1.807) is 120 Å². The molecule has 1 fully saturated rings. The van der Waals surface area contributed by atoms with Crippen molar-refractivity contribution in [1.82, 2.24) is 34.5 Å². The maximum absolute atomic E-state index is 4.83. The molecule has 0 aliphatic carbocycles. The Labute approximate surface area is 916 Å². The zero-order valence-corrected chi connectivity index (χ0v) is 115. The van der Waals surface area contributed by atoms with E-state index in [0.717, 1.165) is 51.3 Å². The minimum Gasteiger partial charge on any atom is -0.472 e. The van der Waals surface area contributed by atoms with Crippen molar-refractivity contribution in [3.63, 3.8) is 0 Å². The second kappa shape index (κ2) is 321. The number of nitrogens with zero attached hydrogens (tertiary/aromatic N) is 8. The van der Waals surface area contributed by atoms with E-state index in [1.165, 1.54) is 69.4 Å². The summed E-state index contributed by atoms with van der Waals surface area (Å²) in [6.45, 7) is 150. The van der Waals surface area contributed by atoms with Crippen LogP contribution in [0.15, 0.2) is 187 Å². The third kappa shape index (κ3) is 314. The Morgan fingerprint density at radius 1 is 0.321 bits per heavy atom. The molecule has 2 aliphatic rings. The molecular weight excluding hydrogens is 1860 g/mol. The van der Waals surface area contributed by atoms with Crippen LogP contribution < -0.4 is 0 Å². The molecule has 14 nitrogen and oxygen atoms in total. The van der Waals surface area contributed by atoms with Gasteiger partial charge in [0.05, 0.1) is 54.1 Å². The summed E-state index contributed by atoms with van der Waals surface area (Å²) in [6, 6.07) is 12.0. The van der Waals surface area contributed by atoms with Gasteiger partial charge in [0.25, 0.3) is 0 Å². The molecule has 2 aliphatic heterocycles. The van der Waals surface area contributed by atoms with Crippen molar-refractivity contribution in [2.75, 3.05) is 5.75 Å². The van der Waals surface area contributed by atoms with Gasteiger partial charge >= 0.3 is 0 Å². The first-order chi connectivity index (χ1) is 68.6. The first-order valence-electron chi connectivity index (χ1n) is 55.4. The number of oxazole rings is 3. The van der Waals surface area contributed by atoms with Crippen molar-refractivity contribution in [3.05, 3.63) is 216 Å². The molecule has 2 atom stereocenters. The predicted octanol–water partition coefficient (Wildman–Crippen LogP) is 50.8. The number of thiazole rings is 2. The molecule has 2 unspecified atom stereocenters. The summed E-state index contributed by atoms with van der Waals surface area (Å²) in [5.74, 6) is 3.95. The van der Waals surface area contributed by atoms with Gasteiger partial charge in [-0.05, 0) is 181 Å². The Hall–Kier alpha value is -5.94. The Morgan fingerprint density at radius 2 is 0.786 bits per heavy atom. The van der Waals surface area contributed by atoms with E-state index >= 15 is 0 Å². The van der Waals surface area contributed by atoms with Crippen LogP contribution in [0.4, 0.5) is 0 Å². The molecule has 21 heteroatoms. The molecule has 0 amide bonds. The summed E-state index contributed by atoms with van der Waals surface area (Å²) in [5.41, 5.74) is 10.5. The number of thioether (sulfide) groups is 1. The van der Waals surface area contributed by atoms with Gasteiger partial charge in [0.1, 0.15) is 30.3 Å². The molecule has 856 valence electrons. The smallest absolute Gasteiger partial charge is 0.190 e. The SMILES string of the molecule is CC.CC.CC.CC.CC.CC.CC.CC.CC.CC.CC.CC.CC.CC.CC.CC.CC.CC.CC.CC.CC.CC.CC.CC.CC.CC.CC.CC.CC.CC.CC.CC1CC=NS1.CC1CCCS1.Cc1ccco1.Cc1cccs1.Cc1ccoc1.Cc1ccsc1.Cc1cnco1.Cc1cncs1.Cc1cnoc1.Cc1cnsc1.Cc1cocn1.Cc1cscn1.Cc1ncco1. The molecule has 11 aromatic rings. The number of aryl methyl sites for hydroxylation is 11. The topological polar surface area (TPSA) is 181 Å². The van der Waals surface area contributed by atoms with Gasteiger partial charge in [-0.15, -0.1) is 34.0 Å². The molecule has 13 heterocycles. The molecule has 11 aromatic heterocycles. The van der Waals surface area contributed by atoms with Gasteiger partial charge in [-0.25, -0.2) is 23.7 Å². The normalized spacial score (nSPS) is 8.34. The van der Waals surface area contributed by atoms with Crippen LogP contribution in [0.25, 0.3) is 0 Å². The monoisotopic (exact) mass is 2120 g/mol. The van der Waals surface area contributed by atoms with E-state index < -0.39 is 0 Å². The average Bonchev–Trinajstić information content (AvgIpc) is 2.07. The molecule has 0 radical (unpaired) electrons. The molecule has 0 spiro atoms. The highest BCUT2D eigenvalue weighted by molar-refractivity contribution is 8.00. The van der Waals surface area contributed by atoms with Crippen LogP contribution in [0.5, 0.6) is 0 Å². The summed E-state index contributed by atoms with van der Waals surface area (Å²) < 4.78 is 35.9. The van der Waals surface area contributed by atoms with Crippen LogP contribution in [-0.4, -0.2) is 56.9 Å². The number of hydrogen-bond acceptors (Lipinski definition) is 21. The van der Waals surface area contributed by atoms with Crippen LogP contribution in [0.2, 0.25) is 0 Å². The van der Waals surface area contributed by atoms with Crippen molar-refractivity contribution in [1.29, 1.82) is 0 Å². The Bertz CT molecular complexity index is 2160. The van der Waals surface area contributed by atoms with Crippen LogP contribution in [0.3, 0.4) is 0 Å². The lowest BCUT2D eigenvalue weighted by Crippen LogP contribution is -1.85. The summed E-state index contributed by atoms with van der Waals surface area (Å²) >= 11 is 12.1. The lowest BCUT2D eigenvalue weighted by Gasteiger charge is -1.91. The van der Waals surface area contributed by atoms with Gasteiger partial charge in [-0.2, -0.15) is 23.1 Å². The van der Waals surface area contributed by atoms with E-state index in [9.17, 15) is 0 Å². The van der Waals surface area contributed by atoms with Gasteiger partial charge < -0.3 is 26.6 Å². The highest BCUT2D eigenvalue weighted by Crippen LogP contribution is 2.24. The maximum Gasteiger partial charge on any atom is 0.190 e. The molecule has 0 aromatic carbocycles. The van der Waals surface area contributed by atoms with E-state index in [2.05, 4.69) is 122 Å². The van der Waals surface area contributed by atoms with E-state index in [1.807, 2.05) is 543 Å². The average molecular weight is 2130 g/mol. The predicted molar refractivity (Wildman–Crippen MR) is 684 cm³/mol. The molecule has 140 heavy (non-hydrogen) atoms. The fourth-order valence-electron chi connectivity index (χ4n) is 4.42. The minimum atomic E-state index is 0.718. The van der Waals surface area contributed by atoms with E-state index in [-0.39, 0.29) is 0 Å². The first kappa shape index (κ1) is 223. The van der Waals surface area contributed by atoms with Crippen molar-refractivity contribution in [3.8, 4) is 0 Å². The van der Waals surface area contributed by atoms with Crippen molar-refractivity contribution < 1.29 is 26.6 Å². The molecule has 0 bridgehead atoms. The lowest BCUT2D eigenvalue weighted by atomic mass is 10.3. The lowest BCUT2D eigenvalue weighted by molar-refractivity contribution is 0.419. The Balaban J connectivity index is -0.0000000303. The first-order valence-corrected chi connectivity index (χ1v) is 61.7. The van der Waals surface area contributed by atoms with Crippen molar-refractivity contribution in [2.24, 2.45) is 4.40 Å². The second-order valence-corrected chi connectivity index (χ2v) is 23.4.